The molecule has 2 atom stereocenters. The molecule has 0 amide bonds. The summed E-state index contributed by atoms with van der Waals surface area (Å²) in [5.74, 6) is 0.0415. The van der Waals surface area contributed by atoms with E-state index >= 15 is 0 Å². The summed E-state index contributed by atoms with van der Waals surface area (Å²) in [6, 6.07) is 16.1. The van der Waals surface area contributed by atoms with Crippen LogP contribution in [-0.2, 0) is 6.54 Å². The van der Waals surface area contributed by atoms with Gasteiger partial charge in [-0.1, -0.05) is 42.5 Å². The van der Waals surface area contributed by atoms with Gasteiger partial charge in [0.05, 0.1) is 12.5 Å². The molecular weight excluding hydrogens is 280 g/mol. The fraction of sp³-hybridized carbons (Fsp3) is 0.294. The third-order valence-electron chi connectivity index (χ3n) is 4.21. The Kier molecular flexibility index (Phi) is 4.06. The summed E-state index contributed by atoms with van der Waals surface area (Å²) in [5.41, 5.74) is 2.08. The van der Waals surface area contributed by atoms with Crippen molar-refractivity contribution in [2.45, 2.75) is 18.5 Å². The lowest BCUT2D eigenvalue weighted by atomic mass is 9.95. The summed E-state index contributed by atoms with van der Waals surface area (Å²) < 4.78 is 0. The number of rotatable bonds is 4. The molecule has 0 saturated carbocycles. The molecule has 1 heterocycles. The predicted molar refractivity (Wildman–Crippen MR) is 83.3 cm³/mol. The number of phenolic OH excluding ortho intramolecular Hbond substituents is 1. The van der Waals surface area contributed by atoms with Gasteiger partial charge in [0.25, 0.3) is 0 Å². The highest BCUT2D eigenvalue weighted by molar-refractivity contribution is 5.30. The highest BCUT2D eigenvalue weighted by Gasteiger charge is 2.41. The van der Waals surface area contributed by atoms with Crippen LogP contribution < -0.4 is 0 Å². The summed E-state index contributed by atoms with van der Waals surface area (Å²) in [6.45, 7) is 1.83. The first kappa shape index (κ1) is 14.5. The van der Waals surface area contributed by atoms with Gasteiger partial charge < -0.3 is 5.11 Å². The van der Waals surface area contributed by atoms with E-state index in [1.807, 2.05) is 30.3 Å². The fourth-order valence-corrected chi connectivity index (χ4v) is 3.10. The average molecular weight is 298 g/mol. The second kappa shape index (κ2) is 6.15. The number of benzene rings is 2. The first-order valence-electron chi connectivity index (χ1n) is 7.32. The van der Waals surface area contributed by atoms with Crippen LogP contribution in [0.2, 0.25) is 0 Å². The Bertz CT molecular complexity index is 643. The van der Waals surface area contributed by atoms with Gasteiger partial charge in [-0.05, 0) is 23.3 Å². The first-order chi connectivity index (χ1) is 10.6. The van der Waals surface area contributed by atoms with Gasteiger partial charge in [0, 0.05) is 18.0 Å². The molecule has 0 spiro atoms. The fourth-order valence-electron chi connectivity index (χ4n) is 3.10. The molecule has 0 radical (unpaired) electrons. The van der Waals surface area contributed by atoms with Crippen molar-refractivity contribution in [3.63, 3.8) is 0 Å². The summed E-state index contributed by atoms with van der Waals surface area (Å²) in [7, 11) is 0. The average Bonchev–Trinajstić information content (AvgIpc) is 2.93. The molecule has 1 saturated heterocycles. The maximum absolute atomic E-state index is 11.4. The van der Waals surface area contributed by atoms with Crippen LogP contribution >= 0.6 is 0 Å². The number of nitrogens with zero attached hydrogens (tertiary/aromatic N) is 2. The van der Waals surface area contributed by atoms with Crippen molar-refractivity contribution in [2.75, 3.05) is 13.1 Å². The van der Waals surface area contributed by atoms with E-state index in [1.165, 1.54) is 0 Å². The molecule has 2 aromatic rings. The van der Waals surface area contributed by atoms with Crippen molar-refractivity contribution >= 4 is 0 Å². The zero-order valence-corrected chi connectivity index (χ0v) is 12.1. The number of likely N-dealkylation sites (tertiary alicyclic amines) is 1. The molecule has 1 aliphatic rings. The van der Waals surface area contributed by atoms with Gasteiger partial charge in [0.2, 0.25) is 6.04 Å². The second-order valence-electron chi connectivity index (χ2n) is 5.73. The van der Waals surface area contributed by atoms with Crippen LogP contribution in [0.15, 0.2) is 54.6 Å². The van der Waals surface area contributed by atoms with Crippen molar-refractivity contribution < 1.29 is 10.0 Å². The topological polar surface area (TPSA) is 66.6 Å². The van der Waals surface area contributed by atoms with Crippen molar-refractivity contribution in [2.24, 2.45) is 0 Å². The zero-order valence-electron chi connectivity index (χ0n) is 12.1. The Hall–Kier alpha value is -2.40. The minimum Gasteiger partial charge on any atom is -0.508 e. The molecule has 2 aromatic carbocycles. The number of hydrogen-bond donors (Lipinski definition) is 1. The largest absolute Gasteiger partial charge is 0.508 e. The highest BCUT2D eigenvalue weighted by Crippen LogP contribution is 2.31. The standard InChI is InChI=1S/C17H18N2O3/c20-15-8-6-14(7-9-15)16-11-18(12-17(16)19(21)22)10-13-4-2-1-3-5-13/h1-9,16-17,20H,10-12H2/t16-,17+/m1/s1. The molecule has 1 fully saturated rings. The molecule has 1 aliphatic heterocycles. The smallest absolute Gasteiger partial charge is 0.233 e. The first-order valence-corrected chi connectivity index (χ1v) is 7.32. The lowest BCUT2D eigenvalue weighted by Gasteiger charge is -2.15. The molecule has 0 bridgehead atoms. The molecular formula is C17H18N2O3. The lowest BCUT2D eigenvalue weighted by Crippen LogP contribution is -2.28. The Morgan fingerprint density at radius 3 is 2.41 bits per heavy atom. The van der Waals surface area contributed by atoms with E-state index in [4.69, 9.17) is 0 Å². The molecule has 0 aliphatic carbocycles. The maximum atomic E-state index is 11.4. The quantitative estimate of drug-likeness (QED) is 0.696. The maximum Gasteiger partial charge on any atom is 0.233 e. The van der Waals surface area contributed by atoms with Crippen LogP contribution in [0.5, 0.6) is 5.75 Å². The number of nitro groups is 1. The Morgan fingerprint density at radius 2 is 1.77 bits per heavy atom. The third kappa shape index (κ3) is 3.09. The minimum atomic E-state index is -0.603. The van der Waals surface area contributed by atoms with Crippen LogP contribution in [-0.4, -0.2) is 34.1 Å². The number of aromatic hydroxyl groups is 1. The molecule has 1 N–H and O–H groups in total. The second-order valence-corrected chi connectivity index (χ2v) is 5.73. The van der Waals surface area contributed by atoms with Crippen LogP contribution in [0.25, 0.3) is 0 Å². The van der Waals surface area contributed by atoms with E-state index < -0.39 is 6.04 Å². The van der Waals surface area contributed by atoms with Gasteiger partial charge in [-0.15, -0.1) is 0 Å². The van der Waals surface area contributed by atoms with Gasteiger partial charge in [-0.25, -0.2) is 0 Å². The van der Waals surface area contributed by atoms with E-state index in [2.05, 4.69) is 4.90 Å². The SMILES string of the molecule is O=[N+]([O-])[C@H]1CN(Cc2ccccc2)C[C@@H]1c1ccc(O)cc1. The molecule has 3 rings (SSSR count). The Morgan fingerprint density at radius 1 is 1.09 bits per heavy atom. The molecule has 5 nitrogen and oxygen atoms in total. The van der Waals surface area contributed by atoms with Gasteiger partial charge in [0.1, 0.15) is 5.75 Å². The van der Waals surface area contributed by atoms with E-state index in [1.54, 1.807) is 24.3 Å². The summed E-state index contributed by atoms with van der Waals surface area (Å²) in [6.07, 6.45) is 0. The molecule has 22 heavy (non-hydrogen) atoms. The van der Waals surface area contributed by atoms with Crippen LogP contribution in [0.3, 0.4) is 0 Å². The van der Waals surface area contributed by atoms with Crippen molar-refractivity contribution in [1.29, 1.82) is 0 Å². The lowest BCUT2D eigenvalue weighted by molar-refractivity contribution is -0.521. The molecule has 0 aromatic heterocycles. The Balaban J connectivity index is 1.77. The van der Waals surface area contributed by atoms with Crippen LogP contribution in [0.1, 0.15) is 17.0 Å². The van der Waals surface area contributed by atoms with Gasteiger partial charge in [0.15, 0.2) is 0 Å². The highest BCUT2D eigenvalue weighted by atomic mass is 16.6. The summed E-state index contributed by atoms with van der Waals surface area (Å²) >= 11 is 0. The normalized spacial score (nSPS) is 21.8. The monoisotopic (exact) mass is 298 g/mol. The van der Waals surface area contributed by atoms with E-state index in [0.29, 0.717) is 13.1 Å². The van der Waals surface area contributed by atoms with Crippen LogP contribution in [0, 0.1) is 10.1 Å². The van der Waals surface area contributed by atoms with Gasteiger partial charge in [-0.2, -0.15) is 0 Å². The molecule has 0 unspecified atom stereocenters. The van der Waals surface area contributed by atoms with E-state index in [0.717, 1.165) is 17.7 Å². The minimum absolute atomic E-state index is 0.140. The van der Waals surface area contributed by atoms with Gasteiger partial charge in [-0.3, -0.25) is 15.0 Å². The number of hydrogen-bond acceptors (Lipinski definition) is 4. The van der Waals surface area contributed by atoms with Crippen molar-refractivity contribution in [3.05, 3.63) is 75.8 Å². The summed E-state index contributed by atoms with van der Waals surface area (Å²) in [4.78, 5) is 13.3. The zero-order chi connectivity index (χ0) is 15.5. The number of phenols is 1. The summed E-state index contributed by atoms with van der Waals surface area (Å²) in [5, 5.41) is 20.8. The van der Waals surface area contributed by atoms with Crippen LogP contribution in [0.4, 0.5) is 0 Å². The predicted octanol–water partition coefficient (Wildman–Crippen LogP) is 2.64. The Labute approximate surface area is 129 Å². The molecule has 114 valence electrons. The van der Waals surface area contributed by atoms with Gasteiger partial charge >= 0.3 is 0 Å². The van der Waals surface area contributed by atoms with Crippen molar-refractivity contribution in [1.82, 2.24) is 4.90 Å². The van der Waals surface area contributed by atoms with Crippen molar-refractivity contribution in [3.8, 4) is 5.75 Å². The molecule has 5 heteroatoms. The third-order valence-corrected chi connectivity index (χ3v) is 4.21. The van der Waals surface area contributed by atoms with E-state index in [-0.39, 0.29) is 16.6 Å². The van der Waals surface area contributed by atoms with E-state index in [9.17, 15) is 15.2 Å².